The number of para-hydroxylation sites is 1. The van der Waals surface area contributed by atoms with Gasteiger partial charge in [0, 0.05) is 26.2 Å². The van der Waals surface area contributed by atoms with Gasteiger partial charge in [-0.2, -0.15) is 10.1 Å². The van der Waals surface area contributed by atoms with Gasteiger partial charge < -0.3 is 19.9 Å². The number of anilines is 3. The maximum atomic E-state index is 12.1. The van der Waals surface area contributed by atoms with Crippen LogP contribution < -0.4 is 10.2 Å². The number of ether oxygens (including phenoxy) is 1. The number of benzene rings is 1. The van der Waals surface area contributed by atoms with Crippen LogP contribution in [0, 0.1) is 0 Å². The molecule has 1 N–H and O–H groups in total. The Kier molecular flexibility index (Phi) is 5.96. The summed E-state index contributed by atoms with van der Waals surface area (Å²) in [5.41, 5.74) is 1.10. The van der Waals surface area contributed by atoms with Crippen molar-refractivity contribution in [2.24, 2.45) is 0 Å². The molecular weight excluding hydrogens is 332 g/mol. The molecule has 1 saturated heterocycles. The lowest BCUT2D eigenvalue weighted by Gasteiger charge is -2.33. The third kappa shape index (κ3) is 4.26. The molecular formula is C18H24N6O2. The van der Waals surface area contributed by atoms with Crippen molar-refractivity contribution >= 4 is 23.4 Å². The van der Waals surface area contributed by atoms with E-state index < -0.39 is 0 Å². The summed E-state index contributed by atoms with van der Waals surface area (Å²) in [7, 11) is 0. The van der Waals surface area contributed by atoms with E-state index >= 15 is 0 Å². The molecule has 0 radical (unpaired) electrons. The molecule has 1 aliphatic heterocycles. The van der Waals surface area contributed by atoms with E-state index in [1.807, 2.05) is 12.1 Å². The normalized spacial score (nSPS) is 14.9. The molecule has 26 heavy (non-hydrogen) atoms. The van der Waals surface area contributed by atoms with Gasteiger partial charge in [0.1, 0.15) is 0 Å². The number of nitrogens with one attached hydrogen (secondary N) is 1. The van der Waals surface area contributed by atoms with Gasteiger partial charge >= 0.3 is 5.97 Å². The second kappa shape index (κ2) is 8.57. The van der Waals surface area contributed by atoms with Crippen LogP contribution in [0.1, 0.15) is 24.2 Å². The lowest BCUT2D eigenvalue weighted by Crippen LogP contribution is -2.46. The molecule has 0 aliphatic carbocycles. The first kappa shape index (κ1) is 18.1. The van der Waals surface area contributed by atoms with Crippen molar-refractivity contribution in [3.05, 3.63) is 36.0 Å². The topological polar surface area (TPSA) is 83.5 Å². The van der Waals surface area contributed by atoms with E-state index in [1.165, 1.54) is 0 Å². The SMILES string of the molecule is CCOC(=O)c1ccccc1Nc1cnnc(N2CCN(CC)CC2)n1. The van der Waals surface area contributed by atoms with E-state index in [2.05, 4.69) is 37.2 Å². The number of piperazine rings is 1. The molecule has 0 amide bonds. The maximum absolute atomic E-state index is 12.1. The van der Waals surface area contributed by atoms with Crippen LogP contribution in [0.5, 0.6) is 0 Å². The number of hydrogen-bond acceptors (Lipinski definition) is 8. The Labute approximate surface area is 153 Å². The monoisotopic (exact) mass is 356 g/mol. The quantitative estimate of drug-likeness (QED) is 0.786. The molecule has 138 valence electrons. The summed E-state index contributed by atoms with van der Waals surface area (Å²) in [6.45, 7) is 9.06. The zero-order valence-electron chi connectivity index (χ0n) is 15.2. The predicted molar refractivity (Wildman–Crippen MR) is 99.8 cm³/mol. The van der Waals surface area contributed by atoms with Crippen LogP contribution in [0.15, 0.2) is 30.5 Å². The summed E-state index contributed by atoms with van der Waals surface area (Å²) in [6, 6.07) is 7.19. The van der Waals surface area contributed by atoms with Crippen molar-refractivity contribution in [2.45, 2.75) is 13.8 Å². The summed E-state index contributed by atoms with van der Waals surface area (Å²) in [5.74, 6) is 0.776. The van der Waals surface area contributed by atoms with Gasteiger partial charge in [-0.15, -0.1) is 5.10 Å². The van der Waals surface area contributed by atoms with E-state index in [9.17, 15) is 4.79 Å². The number of carbonyl (C=O) groups is 1. The largest absolute Gasteiger partial charge is 0.462 e. The van der Waals surface area contributed by atoms with Gasteiger partial charge in [-0.05, 0) is 25.6 Å². The molecule has 1 aromatic heterocycles. The fraction of sp³-hybridized carbons (Fsp3) is 0.444. The number of hydrogen-bond donors (Lipinski definition) is 1. The number of rotatable bonds is 6. The van der Waals surface area contributed by atoms with Crippen molar-refractivity contribution in [3.63, 3.8) is 0 Å². The molecule has 0 atom stereocenters. The van der Waals surface area contributed by atoms with Crippen LogP contribution >= 0.6 is 0 Å². The summed E-state index contributed by atoms with van der Waals surface area (Å²) in [5, 5.41) is 11.4. The summed E-state index contributed by atoms with van der Waals surface area (Å²) >= 11 is 0. The minimum Gasteiger partial charge on any atom is -0.462 e. The van der Waals surface area contributed by atoms with Gasteiger partial charge in [-0.3, -0.25) is 0 Å². The molecule has 1 fully saturated rings. The Morgan fingerprint density at radius 1 is 1.19 bits per heavy atom. The van der Waals surface area contributed by atoms with Crippen molar-refractivity contribution in [3.8, 4) is 0 Å². The van der Waals surface area contributed by atoms with Gasteiger partial charge in [0.2, 0.25) is 5.95 Å². The van der Waals surface area contributed by atoms with Gasteiger partial charge in [0.25, 0.3) is 0 Å². The average Bonchev–Trinajstić information content (AvgIpc) is 2.69. The van der Waals surface area contributed by atoms with Gasteiger partial charge in [0.15, 0.2) is 5.82 Å². The van der Waals surface area contributed by atoms with Crippen LogP contribution in [0.2, 0.25) is 0 Å². The molecule has 0 saturated carbocycles. The second-order valence-electron chi connectivity index (χ2n) is 5.95. The van der Waals surface area contributed by atoms with Crippen LogP contribution in [-0.2, 0) is 4.74 Å². The predicted octanol–water partition coefficient (Wildman–Crippen LogP) is 1.93. The summed E-state index contributed by atoms with van der Waals surface area (Å²) in [4.78, 5) is 21.2. The minimum atomic E-state index is -0.367. The fourth-order valence-electron chi connectivity index (χ4n) is 2.87. The number of nitrogens with zero attached hydrogens (tertiary/aromatic N) is 5. The second-order valence-corrected chi connectivity index (χ2v) is 5.95. The first-order valence-corrected chi connectivity index (χ1v) is 8.91. The van der Waals surface area contributed by atoms with Crippen LogP contribution in [0.25, 0.3) is 0 Å². The number of aromatic nitrogens is 3. The Hall–Kier alpha value is -2.74. The number of likely N-dealkylation sites (N-methyl/N-ethyl adjacent to an activating group) is 1. The van der Waals surface area contributed by atoms with E-state index in [1.54, 1.807) is 25.3 Å². The fourth-order valence-corrected chi connectivity index (χ4v) is 2.87. The molecule has 0 bridgehead atoms. The maximum Gasteiger partial charge on any atom is 0.340 e. The zero-order chi connectivity index (χ0) is 18.4. The standard InChI is InChI=1S/C18H24N6O2/c1-3-23-9-11-24(12-10-23)18-21-16(13-19-22-18)20-15-8-6-5-7-14(15)17(25)26-4-2/h5-8,13H,3-4,9-12H2,1-2H3,(H,20,21,22). The molecule has 1 aliphatic rings. The van der Waals surface area contributed by atoms with E-state index in [-0.39, 0.29) is 5.97 Å². The Morgan fingerprint density at radius 3 is 2.69 bits per heavy atom. The van der Waals surface area contributed by atoms with E-state index in [0.29, 0.717) is 29.6 Å². The molecule has 3 rings (SSSR count). The minimum absolute atomic E-state index is 0.329. The molecule has 0 unspecified atom stereocenters. The molecule has 2 aromatic rings. The zero-order valence-corrected chi connectivity index (χ0v) is 15.2. The summed E-state index contributed by atoms with van der Waals surface area (Å²) < 4.78 is 5.11. The number of esters is 1. The molecule has 0 spiro atoms. The van der Waals surface area contributed by atoms with Crippen molar-refractivity contribution < 1.29 is 9.53 Å². The first-order chi connectivity index (χ1) is 12.7. The Morgan fingerprint density at radius 2 is 1.96 bits per heavy atom. The highest BCUT2D eigenvalue weighted by Gasteiger charge is 2.19. The molecule has 2 heterocycles. The Balaban J connectivity index is 1.75. The van der Waals surface area contributed by atoms with E-state index in [4.69, 9.17) is 4.74 Å². The smallest absolute Gasteiger partial charge is 0.340 e. The highest BCUT2D eigenvalue weighted by atomic mass is 16.5. The molecule has 1 aromatic carbocycles. The van der Waals surface area contributed by atoms with Crippen molar-refractivity contribution in [1.29, 1.82) is 0 Å². The van der Waals surface area contributed by atoms with Gasteiger partial charge in [0.05, 0.1) is 24.1 Å². The van der Waals surface area contributed by atoms with E-state index in [0.717, 1.165) is 32.7 Å². The van der Waals surface area contributed by atoms with Crippen LogP contribution in [-0.4, -0.2) is 65.4 Å². The van der Waals surface area contributed by atoms with Crippen molar-refractivity contribution in [2.75, 3.05) is 49.5 Å². The summed E-state index contributed by atoms with van der Waals surface area (Å²) in [6.07, 6.45) is 1.55. The van der Waals surface area contributed by atoms with Crippen molar-refractivity contribution in [1.82, 2.24) is 20.1 Å². The van der Waals surface area contributed by atoms with Crippen LogP contribution in [0.4, 0.5) is 17.5 Å². The Bertz CT molecular complexity index is 746. The van der Waals surface area contributed by atoms with Gasteiger partial charge in [-0.1, -0.05) is 19.1 Å². The lowest BCUT2D eigenvalue weighted by molar-refractivity contribution is 0.0527. The highest BCUT2D eigenvalue weighted by molar-refractivity contribution is 5.96. The number of carbonyl (C=O) groups excluding carboxylic acids is 1. The highest BCUT2D eigenvalue weighted by Crippen LogP contribution is 2.21. The van der Waals surface area contributed by atoms with Gasteiger partial charge in [-0.25, -0.2) is 4.79 Å². The third-order valence-corrected chi connectivity index (χ3v) is 4.34. The molecule has 8 heteroatoms. The average molecular weight is 356 g/mol. The first-order valence-electron chi connectivity index (χ1n) is 8.91. The van der Waals surface area contributed by atoms with Crippen LogP contribution in [0.3, 0.4) is 0 Å². The molecule has 8 nitrogen and oxygen atoms in total. The lowest BCUT2D eigenvalue weighted by atomic mass is 10.2. The third-order valence-electron chi connectivity index (χ3n) is 4.34.